The number of benzene rings is 2. The molecule has 7 nitrogen and oxygen atoms in total. The topological polar surface area (TPSA) is 86.0 Å². The fourth-order valence-electron chi connectivity index (χ4n) is 3.77. The number of rotatable bonds is 5. The lowest BCUT2D eigenvalue weighted by atomic mass is 10.2. The van der Waals surface area contributed by atoms with Gasteiger partial charge in [0, 0.05) is 17.6 Å². The molecule has 0 aliphatic carbocycles. The van der Waals surface area contributed by atoms with E-state index in [-0.39, 0.29) is 22.4 Å². The molecule has 1 amide bonds. The van der Waals surface area contributed by atoms with Gasteiger partial charge in [0.2, 0.25) is 5.91 Å². The lowest BCUT2D eigenvalue weighted by Gasteiger charge is -2.13. The fourth-order valence-corrected chi connectivity index (χ4v) is 4.86. The Morgan fingerprint density at radius 2 is 1.71 bits per heavy atom. The van der Waals surface area contributed by atoms with E-state index in [1.165, 1.54) is 24.3 Å². The van der Waals surface area contributed by atoms with Gasteiger partial charge < -0.3 is 5.32 Å². The maximum absolute atomic E-state index is 14.0. The van der Waals surface area contributed by atoms with Crippen LogP contribution in [-0.4, -0.2) is 20.0 Å². The van der Waals surface area contributed by atoms with Crippen molar-refractivity contribution in [3.8, 4) is 0 Å². The van der Waals surface area contributed by atoms with E-state index in [0.717, 1.165) is 32.6 Å². The van der Waals surface area contributed by atoms with Gasteiger partial charge >= 0.3 is 5.69 Å². The van der Waals surface area contributed by atoms with Gasteiger partial charge in [0.1, 0.15) is 33.5 Å². The van der Waals surface area contributed by atoms with Gasteiger partial charge in [-0.15, -0.1) is 11.3 Å². The molecule has 1 N–H and O–H groups in total. The summed E-state index contributed by atoms with van der Waals surface area (Å²) in [5, 5.41) is 2.84. The third-order valence-corrected chi connectivity index (χ3v) is 6.46. The standard InChI is InChI=1S/C24H15F3N4O3S/c25-14-5-3-13(4-6-14)11-31-23(33)21-20(16-2-1-9-28-22(16)35-21)30(24(31)34)12-19(32)29-18-8-7-15(26)10-17(18)27/h1-10H,11-12H2,(H,29,32). The van der Waals surface area contributed by atoms with Crippen LogP contribution in [0.3, 0.4) is 0 Å². The number of hydrogen-bond donors (Lipinski definition) is 1. The number of anilines is 1. The lowest BCUT2D eigenvalue weighted by Crippen LogP contribution is -2.41. The molecule has 0 unspecified atom stereocenters. The molecule has 5 aromatic rings. The number of carbonyl (C=O) groups is 1. The number of thiophene rings is 1. The molecule has 11 heteroatoms. The van der Waals surface area contributed by atoms with E-state index in [1.54, 1.807) is 18.3 Å². The van der Waals surface area contributed by atoms with Crippen molar-refractivity contribution in [2.75, 3.05) is 5.32 Å². The smallest absolute Gasteiger partial charge is 0.322 e. The van der Waals surface area contributed by atoms with Crippen LogP contribution in [0, 0.1) is 17.5 Å². The summed E-state index contributed by atoms with van der Waals surface area (Å²) in [4.78, 5) is 44.3. The lowest BCUT2D eigenvalue weighted by molar-refractivity contribution is -0.116. The molecule has 0 atom stereocenters. The van der Waals surface area contributed by atoms with Gasteiger partial charge in [0.25, 0.3) is 5.56 Å². The zero-order chi connectivity index (χ0) is 24.7. The third kappa shape index (κ3) is 4.21. The number of hydrogen-bond acceptors (Lipinski definition) is 5. The first-order valence-corrected chi connectivity index (χ1v) is 11.1. The average molecular weight is 496 g/mol. The summed E-state index contributed by atoms with van der Waals surface area (Å²) < 4.78 is 42.8. The summed E-state index contributed by atoms with van der Waals surface area (Å²) >= 11 is 1.08. The number of nitrogens with one attached hydrogen (secondary N) is 1. The molecule has 0 radical (unpaired) electrons. The van der Waals surface area contributed by atoms with Gasteiger partial charge in [-0.3, -0.25) is 18.7 Å². The van der Waals surface area contributed by atoms with Crippen molar-refractivity contribution in [2.24, 2.45) is 0 Å². The molecule has 0 saturated heterocycles. The Balaban J connectivity index is 1.64. The van der Waals surface area contributed by atoms with E-state index in [9.17, 15) is 27.6 Å². The molecule has 0 aliphatic rings. The molecule has 35 heavy (non-hydrogen) atoms. The molecular formula is C24H15F3N4O3S. The highest BCUT2D eigenvalue weighted by molar-refractivity contribution is 7.25. The predicted octanol–water partition coefficient (Wildman–Crippen LogP) is 3.88. The third-order valence-electron chi connectivity index (χ3n) is 5.37. The van der Waals surface area contributed by atoms with Crippen LogP contribution < -0.4 is 16.6 Å². The second-order valence-corrected chi connectivity index (χ2v) is 8.69. The highest BCUT2D eigenvalue weighted by atomic mass is 32.1. The van der Waals surface area contributed by atoms with Crippen molar-refractivity contribution in [3.05, 3.63) is 105 Å². The summed E-state index contributed by atoms with van der Waals surface area (Å²) in [6.07, 6.45) is 1.54. The van der Waals surface area contributed by atoms with Crippen LogP contribution in [0.2, 0.25) is 0 Å². The van der Waals surface area contributed by atoms with Gasteiger partial charge in [-0.1, -0.05) is 12.1 Å². The molecule has 0 bridgehead atoms. The molecule has 5 rings (SSSR count). The molecular weight excluding hydrogens is 481 g/mol. The molecule has 3 heterocycles. The Bertz CT molecular complexity index is 1730. The van der Waals surface area contributed by atoms with Gasteiger partial charge in [-0.25, -0.2) is 22.9 Å². The Kier molecular flexibility index (Phi) is 5.69. The Labute approximate surface area is 198 Å². The second-order valence-electron chi connectivity index (χ2n) is 7.69. The average Bonchev–Trinajstić information content (AvgIpc) is 3.22. The quantitative estimate of drug-likeness (QED) is 0.400. The van der Waals surface area contributed by atoms with E-state index in [2.05, 4.69) is 10.3 Å². The van der Waals surface area contributed by atoms with E-state index >= 15 is 0 Å². The number of fused-ring (bicyclic) bond motifs is 3. The van der Waals surface area contributed by atoms with Crippen LogP contribution in [-0.2, 0) is 17.9 Å². The molecule has 0 aliphatic heterocycles. The van der Waals surface area contributed by atoms with Crippen molar-refractivity contribution in [3.63, 3.8) is 0 Å². The van der Waals surface area contributed by atoms with Crippen molar-refractivity contribution in [1.29, 1.82) is 0 Å². The molecule has 2 aromatic carbocycles. The van der Waals surface area contributed by atoms with Crippen LogP contribution in [0.5, 0.6) is 0 Å². The minimum atomic E-state index is -0.970. The van der Waals surface area contributed by atoms with Crippen molar-refractivity contribution < 1.29 is 18.0 Å². The van der Waals surface area contributed by atoms with Crippen molar-refractivity contribution >= 4 is 43.4 Å². The van der Waals surface area contributed by atoms with Crippen molar-refractivity contribution in [2.45, 2.75) is 13.1 Å². The number of pyridine rings is 1. The molecule has 176 valence electrons. The summed E-state index contributed by atoms with van der Waals surface area (Å²) in [7, 11) is 0. The largest absolute Gasteiger partial charge is 0.332 e. The normalized spacial score (nSPS) is 11.3. The summed E-state index contributed by atoms with van der Waals surface area (Å²) in [5.74, 6) is -2.99. The maximum Gasteiger partial charge on any atom is 0.332 e. The van der Waals surface area contributed by atoms with E-state index in [0.29, 0.717) is 21.8 Å². The van der Waals surface area contributed by atoms with Gasteiger partial charge in [-0.2, -0.15) is 0 Å². The van der Waals surface area contributed by atoms with E-state index < -0.39 is 41.2 Å². The molecule has 0 spiro atoms. The number of halogens is 3. The SMILES string of the molecule is O=C(Cn1c(=O)n(Cc2ccc(F)cc2)c(=O)c2sc3ncccc3c21)Nc1ccc(F)cc1F. The first kappa shape index (κ1) is 22.5. The number of amides is 1. The van der Waals surface area contributed by atoms with Crippen LogP contribution in [0.1, 0.15) is 5.56 Å². The Morgan fingerprint density at radius 3 is 2.46 bits per heavy atom. The number of aromatic nitrogens is 3. The van der Waals surface area contributed by atoms with E-state index in [4.69, 9.17) is 0 Å². The molecule has 3 aromatic heterocycles. The van der Waals surface area contributed by atoms with Crippen molar-refractivity contribution in [1.82, 2.24) is 14.1 Å². The van der Waals surface area contributed by atoms with Gasteiger partial charge in [-0.05, 0) is 42.0 Å². The van der Waals surface area contributed by atoms with Gasteiger partial charge in [0.05, 0.1) is 17.7 Å². The number of carbonyl (C=O) groups excluding carboxylic acids is 1. The summed E-state index contributed by atoms with van der Waals surface area (Å²) in [6, 6.07) is 11.3. The fraction of sp³-hybridized carbons (Fsp3) is 0.0833. The zero-order valence-electron chi connectivity index (χ0n) is 17.8. The Morgan fingerprint density at radius 1 is 0.971 bits per heavy atom. The zero-order valence-corrected chi connectivity index (χ0v) is 18.6. The minimum Gasteiger partial charge on any atom is -0.322 e. The maximum atomic E-state index is 14.0. The summed E-state index contributed by atoms with van der Waals surface area (Å²) in [5.41, 5.74) is -0.854. The molecule has 0 fully saturated rings. The predicted molar refractivity (Wildman–Crippen MR) is 126 cm³/mol. The van der Waals surface area contributed by atoms with Crippen LogP contribution in [0.25, 0.3) is 20.4 Å². The minimum absolute atomic E-state index is 0.149. The first-order chi connectivity index (χ1) is 16.8. The van der Waals surface area contributed by atoms with Crippen LogP contribution in [0.15, 0.2) is 70.4 Å². The molecule has 0 saturated carbocycles. The first-order valence-electron chi connectivity index (χ1n) is 10.3. The van der Waals surface area contributed by atoms with Crippen LogP contribution >= 0.6 is 11.3 Å². The highest BCUT2D eigenvalue weighted by Gasteiger charge is 2.21. The van der Waals surface area contributed by atoms with E-state index in [1.807, 2.05) is 0 Å². The Hall–Kier alpha value is -4.25. The van der Waals surface area contributed by atoms with Crippen LogP contribution in [0.4, 0.5) is 18.9 Å². The number of nitrogens with zero attached hydrogens (tertiary/aromatic N) is 3. The summed E-state index contributed by atoms with van der Waals surface area (Å²) in [6.45, 7) is -0.694. The highest BCUT2D eigenvalue weighted by Crippen LogP contribution is 2.29. The monoisotopic (exact) mass is 496 g/mol. The van der Waals surface area contributed by atoms with Gasteiger partial charge in [0.15, 0.2) is 0 Å². The second kappa shape index (κ2) is 8.84.